The van der Waals surface area contributed by atoms with Gasteiger partial charge in [-0.3, -0.25) is 4.79 Å². The number of ether oxygens (including phenoxy) is 2. The van der Waals surface area contributed by atoms with Crippen molar-refractivity contribution in [3.05, 3.63) is 65.2 Å². The molecule has 4 N–H and O–H groups in total. The van der Waals surface area contributed by atoms with E-state index < -0.39 is 0 Å². The highest BCUT2D eigenvalue weighted by atomic mass is 32.2. The fraction of sp³-hybridized carbons (Fsp3) is 0.261. The number of benzene rings is 2. The molecule has 0 unspecified atom stereocenters. The van der Waals surface area contributed by atoms with Gasteiger partial charge in [0, 0.05) is 12.6 Å². The van der Waals surface area contributed by atoms with Crippen LogP contribution < -0.4 is 20.9 Å². The molecule has 4 rings (SSSR count). The largest absolute Gasteiger partial charge is 0.493 e. The minimum atomic E-state index is -0.236. The lowest BCUT2D eigenvalue weighted by Crippen LogP contribution is -2.41. The van der Waals surface area contributed by atoms with E-state index in [1.54, 1.807) is 14.2 Å². The van der Waals surface area contributed by atoms with Crippen LogP contribution in [-0.2, 0) is 11.2 Å². The van der Waals surface area contributed by atoms with Crippen molar-refractivity contribution in [1.82, 2.24) is 14.9 Å². The Balaban J connectivity index is 1.66. The minimum absolute atomic E-state index is 0.0196. The van der Waals surface area contributed by atoms with Gasteiger partial charge in [0.2, 0.25) is 5.91 Å². The number of amides is 1. The molecule has 32 heavy (non-hydrogen) atoms. The fourth-order valence-corrected chi connectivity index (χ4v) is 4.70. The van der Waals surface area contributed by atoms with Gasteiger partial charge in [0.1, 0.15) is 11.6 Å². The molecule has 0 saturated carbocycles. The van der Waals surface area contributed by atoms with Crippen molar-refractivity contribution in [2.75, 3.05) is 38.0 Å². The molecule has 0 fully saturated rings. The maximum Gasteiger partial charge on any atom is 0.233 e. The molecule has 2 heterocycles. The number of thioether (sulfide) groups is 1. The number of methoxy groups -OCH3 is 2. The van der Waals surface area contributed by atoms with E-state index in [0.717, 1.165) is 23.1 Å². The van der Waals surface area contributed by atoms with Gasteiger partial charge in [-0.2, -0.15) is 0 Å². The highest BCUT2D eigenvalue weighted by Crippen LogP contribution is 2.41. The first-order valence-corrected chi connectivity index (χ1v) is 11.1. The van der Waals surface area contributed by atoms with Gasteiger partial charge in [0.25, 0.3) is 0 Å². The Bertz CT molecular complexity index is 1110. The van der Waals surface area contributed by atoms with Gasteiger partial charge in [-0.25, -0.2) is 9.97 Å². The normalized spacial score (nSPS) is 15.2. The average Bonchev–Trinajstić information content (AvgIpc) is 2.80. The topological polar surface area (TPSA) is 117 Å². The van der Waals surface area contributed by atoms with Crippen molar-refractivity contribution in [2.45, 2.75) is 17.6 Å². The Morgan fingerprint density at radius 2 is 1.72 bits per heavy atom. The van der Waals surface area contributed by atoms with Crippen LogP contribution in [0.25, 0.3) is 0 Å². The molecule has 166 valence electrons. The van der Waals surface area contributed by atoms with Crippen molar-refractivity contribution in [1.29, 1.82) is 0 Å². The molecule has 0 saturated heterocycles. The van der Waals surface area contributed by atoms with Crippen molar-refractivity contribution < 1.29 is 14.3 Å². The van der Waals surface area contributed by atoms with Crippen LogP contribution >= 0.6 is 11.8 Å². The Hall–Kier alpha value is -3.46. The summed E-state index contributed by atoms with van der Waals surface area (Å²) in [6, 6.07) is 15.2. The SMILES string of the molecule is COc1cc2c(cc1OC)[C@H](c1ccccc1)N(C(=O)CSc1nc(N)cc(N)n1)CC2. The zero-order chi connectivity index (χ0) is 22.7. The lowest BCUT2D eigenvalue weighted by Gasteiger charge is -2.38. The molecule has 1 aliphatic heterocycles. The van der Waals surface area contributed by atoms with Crippen LogP contribution in [0.3, 0.4) is 0 Å². The minimum Gasteiger partial charge on any atom is -0.493 e. The van der Waals surface area contributed by atoms with Gasteiger partial charge in [0.05, 0.1) is 26.0 Å². The van der Waals surface area contributed by atoms with E-state index in [2.05, 4.69) is 9.97 Å². The number of carbonyl (C=O) groups excluding carboxylic acids is 1. The highest BCUT2D eigenvalue weighted by Gasteiger charge is 2.33. The van der Waals surface area contributed by atoms with Crippen molar-refractivity contribution in [3.63, 3.8) is 0 Å². The molecule has 0 radical (unpaired) electrons. The molecule has 1 atom stereocenters. The van der Waals surface area contributed by atoms with E-state index in [9.17, 15) is 4.79 Å². The van der Waals surface area contributed by atoms with E-state index >= 15 is 0 Å². The molecule has 8 nitrogen and oxygen atoms in total. The molecule has 2 aromatic carbocycles. The second-order valence-electron chi connectivity index (χ2n) is 7.35. The molecule has 0 spiro atoms. The lowest BCUT2D eigenvalue weighted by molar-refractivity contribution is -0.130. The third-order valence-electron chi connectivity index (χ3n) is 5.38. The molecular formula is C23H25N5O3S. The monoisotopic (exact) mass is 451 g/mol. The Morgan fingerprint density at radius 1 is 1.06 bits per heavy atom. The van der Waals surface area contributed by atoms with Crippen molar-refractivity contribution in [2.24, 2.45) is 0 Å². The van der Waals surface area contributed by atoms with Crippen LogP contribution in [0.15, 0.2) is 53.7 Å². The first-order chi connectivity index (χ1) is 15.5. The van der Waals surface area contributed by atoms with Crippen LogP contribution in [0.2, 0.25) is 0 Å². The van der Waals surface area contributed by atoms with Crippen LogP contribution in [0.1, 0.15) is 22.7 Å². The van der Waals surface area contributed by atoms with E-state index in [1.807, 2.05) is 47.4 Å². The van der Waals surface area contributed by atoms with Gasteiger partial charge in [-0.05, 0) is 35.2 Å². The second kappa shape index (κ2) is 9.35. The molecular weight excluding hydrogens is 426 g/mol. The molecule has 0 aliphatic carbocycles. The maximum absolute atomic E-state index is 13.3. The first kappa shape index (κ1) is 21.8. The van der Waals surface area contributed by atoms with E-state index in [1.165, 1.54) is 17.8 Å². The highest BCUT2D eigenvalue weighted by molar-refractivity contribution is 7.99. The smallest absolute Gasteiger partial charge is 0.233 e. The van der Waals surface area contributed by atoms with Gasteiger partial charge in [-0.1, -0.05) is 42.1 Å². The van der Waals surface area contributed by atoms with Gasteiger partial charge in [-0.15, -0.1) is 0 Å². The Kier molecular flexibility index (Phi) is 6.36. The number of hydrogen-bond acceptors (Lipinski definition) is 8. The van der Waals surface area contributed by atoms with Crippen LogP contribution in [0.4, 0.5) is 11.6 Å². The molecule has 1 amide bonds. The summed E-state index contributed by atoms with van der Waals surface area (Å²) in [6.45, 7) is 0.585. The number of anilines is 2. The van der Waals surface area contributed by atoms with E-state index in [4.69, 9.17) is 20.9 Å². The average molecular weight is 452 g/mol. The van der Waals surface area contributed by atoms with Crippen LogP contribution in [0.5, 0.6) is 11.5 Å². The van der Waals surface area contributed by atoms with Crippen LogP contribution in [-0.4, -0.2) is 47.3 Å². The molecule has 1 aliphatic rings. The second-order valence-corrected chi connectivity index (χ2v) is 8.29. The summed E-state index contributed by atoms with van der Waals surface area (Å²) >= 11 is 1.22. The Labute approximate surface area is 190 Å². The number of nitrogens with two attached hydrogens (primary N) is 2. The summed E-state index contributed by atoms with van der Waals surface area (Å²) < 4.78 is 11.0. The van der Waals surface area contributed by atoms with Crippen molar-refractivity contribution in [3.8, 4) is 11.5 Å². The predicted octanol–water partition coefficient (Wildman–Crippen LogP) is 2.92. The molecule has 9 heteroatoms. The number of nitrogen functional groups attached to an aromatic ring is 2. The third kappa shape index (κ3) is 4.43. The van der Waals surface area contributed by atoms with E-state index in [-0.39, 0.29) is 29.3 Å². The number of fused-ring (bicyclic) bond motifs is 1. The quantitative estimate of drug-likeness (QED) is 0.434. The van der Waals surface area contributed by atoms with Crippen LogP contribution in [0, 0.1) is 0 Å². The molecule has 3 aromatic rings. The zero-order valence-corrected chi connectivity index (χ0v) is 18.8. The van der Waals surface area contributed by atoms with Gasteiger partial charge in [0.15, 0.2) is 16.7 Å². The zero-order valence-electron chi connectivity index (χ0n) is 17.9. The number of aromatic nitrogens is 2. The molecule has 0 bridgehead atoms. The fourth-order valence-electron chi connectivity index (χ4n) is 3.94. The summed E-state index contributed by atoms with van der Waals surface area (Å²) in [5.74, 6) is 2.04. The number of hydrogen-bond donors (Lipinski definition) is 2. The standard InChI is InChI=1S/C23H25N5O3S/c1-30-17-10-15-8-9-28(21(29)13-32-23-26-19(24)12-20(25)27-23)22(14-6-4-3-5-7-14)16(15)11-18(17)31-2/h3-7,10-12,22H,8-9,13H2,1-2H3,(H4,24,25,26,27)/t22-/m0/s1. The number of rotatable bonds is 6. The number of nitrogens with zero attached hydrogens (tertiary/aromatic N) is 3. The lowest BCUT2D eigenvalue weighted by atomic mass is 9.87. The van der Waals surface area contributed by atoms with E-state index in [0.29, 0.717) is 23.2 Å². The summed E-state index contributed by atoms with van der Waals surface area (Å²) in [5, 5.41) is 0.385. The third-order valence-corrected chi connectivity index (χ3v) is 6.21. The predicted molar refractivity (Wildman–Crippen MR) is 125 cm³/mol. The van der Waals surface area contributed by atoms with Gasteiger partial charge < -0.3 is 25.8 Å². The Morgan fingerprint density at radius 3 is 2.38 bits per heavy atom. The van der Waals surface area contributed by atoms with Gasteiger partial charge >= 0.3 is 0 Å². The summed E-state index contributed by atoms with van der Waals surface area (Å²) in [5.41, 5.74) is 14.7. The number of carbonyl (C=O) groups is 1. The molecule has 1 aromatic heterocycles. The summed E-state index contributed by atoms with van der Waals surface area (Å²) in [4.78, 5) is 23.5. The maximum atomic E-state index is 13.3. The van der Waals surface area contributed by atoms with Crippen molar-refractivity contribution >= 4 is 29.3 Å². The first-order valence-electron chi connectivity index (χ1n) is 10.1. The summed E-state index contributed by atoms with van der Waals surface area (Å²) in [7, 11) is 3.24. The summed E-state index contributed by atoms with van der Waals surface area (Å²) in [6.07, 6.45) is 0.719.